The minimum Gasteiger partial charge on any atom is -0.458 e. The number of benzene rings is 10. The lowest BCUT2D eigenvalue weighted by Gasteiger charge is -2.42. The summed E-state index contributed by atoms with van der Waals surface area (Å²) in [5, 5.41) is 0. The van der Waals surface area contributed by atoms with E-state index in [9.17, 15) is 1.37 Å². The molecule has 5 heteroatoms. The van der Waals surface area contributed by atoms with E-state index in [0.29, 0.717) is 11.8 Å². The minimum absolute atomic E-state index is 0.193. The highest BCUT2D eigenvalue weighted by molar-refractivity contribution is 6.99. The molecular formula is C60H42BN3O. The van der Waals surface area contributed by atoms with E-state index in [1.807, 2.05) is 24.3 Å². The number of nitrogens with zero attached hydrogens (tertiary/aromatic N) is 3. The van der Waals surface area contributed by atoms with Crippen LogP contribution in [0.1, 0.15) is 1.37 Å². The van der Waals surface area contributed by atoms with Gasteiger partial charge < -0.3 is 19.4 Å². The number of hydrogen-bond donors (Lipinski definition) is 0. The van der Waals surface area contributed by atoms with Gasteiger partial charge in [-0.25, -0.2) is 0 Å². The molecule has 0 amide bonds. The van der Waals surface area contributed by atoms with Crippen molar-refractivity contribution in [2.75, 3.05) is 14.7 Å². The van der Waals surface area contributed by atoms with E-state index in [2.05, 4.69) is 239 Å². The van der Waals surface area contributed by atoms with Gasteiger partial charge in [0.2, 0.25) is 0 Å². The van der Waals surface area contributed by atoms with Crippen molar-refractivity contribution in [3.63, 3.8) is 0 Å². The molecule has 2 heterocycles. The number of hydrogen-bond acceptors (Lipinski definition) is 4. The van der Waals surface area contributed by atoms with Crippen molar-refractivity contribution < 1.29 is 6.11 Å². The second-order valence-electron chi connectivity index (χ2n) is 16.4. The molecule has 10 aromatic rings. The Balaban J connectivity index is 1.13. The Morgan fingerprint density at radius 1 is 0.369 bits per heavy atom. The van der Waals surface area contributed by atoms with Crippen LogP contribution in [0, 0.1) is 0 Å². The van der Waals surface area contributed by atoms with Gasteiger partial charge in [-0.3, -0.25) is 0 Å². The van der Waals surface area contributed by atoms with Gasteiger partial charge in [0.25, 0.3) is 6.71 Å². The van der Waals surface area contributed by atoms with Crippen LogP contribution in [0.3, 0.4) is 0 Å². The van der Waals surface area contributed by atoms with Crippen molar-refractivity contribution in [1.29, 1.82) is 0 Å². The van der Waals surface area contributed by atoms with Gasteiger partial charge in [0.1, 0.15) is 11.5 Å². The largest absolute Gasteiger partial charge is 0.458 e. The lowest BCUT2D eigenvalue weighted by atomic mass is 9.34. The normalized spacial score (nSPS) is 12.3. The maximum Gasteiger partial charge on any atom is 0.256 e. The molecule has 0 unspecified atom stereocenters. The van der Waals surface area contributed by atoms with E-state index >= 15 is 0 Å². The summed E-state index contributed by atoms with van der Waals surface area (Å²) in [4.78, 5) is 7.01. The molecule has 0 bridgehead atoms. The molecule has 0 radical (unpaired) electrons. The second-order valence-corrected chi connectivity index (χ2v) is 16.4. The van der Waals surface area contributed by atoms with Gasteiger partial charge in [-0.05, 0) is 106 Å². The molecule has 10 aromatic carbocycles. The smallest absolute Gasteiger partial charge is 0.256 e. The summed E-state index contributed by atoms with van der Waals surface area (Å²) in [6.45, 7) is -0.193. The van der Waals surface area contributed by atoms with Gasteiger partial charge in [0.05, 0.1) is 7.06 Å². The summed E-state index contributed by atoms with van der Waals surface area (Å²) in [5.74, 6) is 1.46. The average molecular weight is 833 g/mol. The first kappa shape index (κ1) is 37.1. The molecule has 65 heavy (non-hydrogen) atoms. The van der Waals surface area contributed by atoms with Crippen LogP contribution in [0.15, 0.2) is 255 Å². The molecule has 0 N–H and O–H groups in total. The van der Waals surface area contributed by atoms with Crippen LogP contribution >= 0.6 is 0 Å². The van der Waals surface area contributed by atoms with Crippen LogP contribution in [0.4, 0.5) is 51.2 Å². The summed E-state index contributed by atoms with van der Waals surface area (Å²) < 4.78 is 16.6. The quantitative estimate of drug-likeness (QED) is 0.135. The highest BCUT2D eigenvalue weighted by Crippen LogP contribution is 2.50. The fourth-order valence-electron chi connectivity index (χ4n) is 9.79. The van der Waals surface area contributed by atoms with E-state index in [0.717, 1.165) is 95.6 Å². The maximum atomic E-state index is 9.47. The summed E-state index contributed by atoms with van der Waals surface area (Å²) in [6.07, 6.45) is 0. The Bertz CT molecular complexity index is 3220. The van der Waals surface area contributed by atoms with Crippen molar-refractivity contribution in [2.45, 2.75) is 0 Å². The number of para-hydroxylation sites is 5. The first-order valence-corrected chi connectivity index (χ1v) is 22.1. The molecule has 0 saturated heterocycles. The van der Waals surface area contributed by atoms with Gasteiger partial charge >= 0.3 is 0 Å². The number of anilines is 9. The van der Waals surface area contributed by atoms with E-state index in [1.165, 1.54) is 0 Å². The number of ether oxygens (including phenoxy) is 1. The Morgan fingerprint density at radius 3 is 1.31 bits per heavy atom. The van der Waals surface area contributed by atoms with Gasteiger partial charge in [0, 0.05) is 62.7 Å². The monoisotopic (exact) mass is 832 g/mol. The van der Waals surface area contributed by atoms with Crippen LogP contribution in [0.25, 0.3) is 22.3 Å². The van der Waals surface area contributed by atoms with Crippen LogP contribution in [0.5, 0.6) is 11.5 Å². The third kappa shape index (κ3) is 6.73. The van der Waals surface area contributed by atoms with Gasteiger partial charge in [-0.1, -0.05) is 170 Å². The third-order valence-corrected chi connectivity index (χ3v) is 12.6. The standard InChI is InChI=1S/C60H42BN3O/c1-7-21-43(22-8-1)51-33-19-34-52(44-23-9-2-10-24-44)60(51)64-55-35-20-36-57-59(55)61(53-39-37-49(41-56(53)64)62(45-25-11-3-12-26-45)46-27-13-4-14-28-46)54-40-38-50(42-58(54)65-57)63(47-29-15-5-16-30-47)48-31-17-6-18-32-48/h1-42H/i20D. The Morgan fingerprint density at radius 2 is 0.815 bits per heavy atom. The minimum atomic E-state index is -0.193. The lowest BCUT2D eigenvalue weighted by molar-refractivity contribution is 0.487. The van der Waals surface area contributed by atoms with E-state index in [-0.39, 0.29) is 6.71 Å². The molecular weight excluding hydrogens is 789 g/mol. The van der Waals surface area contributed by atoms with Crippen molar-refractivity contribution in [2.24, 2.45) is 0 Å². The molecule has 0 fully saturated rings. The van der Waals surface area contributed by atoms with E-state index < -0.39 is 0 Å². The van der Waals surface area contributed by atoms with Crippen molar-refractivity contribution in [1.82, 2.24) is 0 Å². The van der Waals surface area contributed by atoms with Gasteiger partial charge in [0.15, 0.2) is 0 Å². The molecule has 0 aliphatic carbocycles. The summed E-state index contributed by atoms with van der Waals surface area (Å²) in [5.41, 5.74) is 16.8. The average Bonchev–Trinajstić information content (AvgIpc) is 3.38. The third-order valence-electron chi connectivity index (χ3n) is 12.6. The highest BCUT2D eigenvalue weighted by Gasteiger charge is 2.43. The molecule has 0 saturated carbocycles. The van der Waals surface area contributed by atoms with Crippen molar-refractivity contribution in [3.05, 3.63) is 255 Å². The fraction of sp³-hybridized carbons (Fsp3) is 0. The molecule has 306 valence electrons. The Hall–Kier alpha value is -8.54. The van der Waals surface area contributed by atoms with E-state index in [1.54, 1.807) is 0 Å². The molecule has 0 spiro atoms. The van der Waals surface area contributed by atoms with Crippen molar-refractivity contribution >= 4 is 74.3 Å². The molecule has 4 nitrogen and oxygen atoms in total. The van der Waals surface area contributed by atoms with Gasteiger partial charge in [-0.15, -0.1) is 0 Å². The van der Waals surface area contributed by atoms with Crippen LogP contribution < -0.4 is 35.8 Å². The molecule has 0 aromatic heterocycles. The second kappa shape index (κ2) is 16.3. The Kier molecular flexibility index (Phi) is 9.29. The zero-order valence-corrected chi connectivity index (χ0v) is 35.5. The molecule has 2 aliphatic rings. The zero-order chi connectivity index (χ0) is 44.0. The van der Waals surface area contributed by atoms with Crippen LogP contribution in [-0.4, -0.2) is 6.71 Å². The first-order chi connectivity index (χ1) is 32.7. The number of rotatable bonds is 9. The molecule has 2 aliphatic heterocycles. The molecule has 12 rings (SSSR count). The van der Waals surface area contributed by atoms with E-state index in [4.69, 9.17) is 4.74 Å². The van der Waals surface area contributed by atoms with Crippen LogP contribution in [0.2, 0.25) is 0 Å². The first-order valence-electron chi connectivity index (χ1n) is 22.6. The molecule has 0 atom stereocenters. The SMILES string of the molecule is [2H]c1cc2c3c(c1)N(c1c(-c4ccccc4)cccc1-c1ccccc1)c1cc(N(c4ccccc4)c4ccccc4)ccc1B3c1ccc(N(c3ccccc3)c3ccccc3)cc1O2. The predicted octanol–water partition coefficient (Wildman–Crippen LogP) is 14.4. The zero-order valence-electron chi connectivity index (χ0n) is 36.5. The topological polar surface area (TPSA) is 19.0 Å². The summed E-state index contributed by atoms with van der Waals surface area (Å²) in [6, 6.07) is 87.8. The summed E-state index contributed by atoms with van der Waals surface area (Å²) in [7, 11) is 0. The highest BCUT2D eigenvalue weighted by atomic mass is 16.5. The van der Waals surface area contributed by atoms with Gasteiger partial charge in [-0.2, -0.15) is 0 Å². The van der Waals surface area contributed by atoms with Crippen molar-refractivity contribution in [3.8, 4) is 33.8 Å². The predicted molar refractivity (Wildman–Crippen MR) is 273 cm³/mol. The fourth-order valence-corrected chi connectivity index (χ4v) is 9.79. The number of fused-ring (bicyclic) bond motifs is 4. The maximum absolute atomic E-state index is 9.47. The Labute approximate surface area is 382 Å². The summed E-state index contributed by atoms with van der Waals surface area (Å²) >= 11 is 0. The van der Waals surface area contributed by atoms with Crippen LogP contribution in [-0.2, 0) is 0 Å². The lowest BCUT2D eigenvalue weighted by Crippen LogP contribution is -2.59.